The Bertz CT molecular complexity index is 1250. The van der Waals surface area contributed by atoms with Crippen molar-refractivity contribution in [3.63, 3.8) is 0 Å². The van der Waals surface area contributed by atoms with Gasteiger partial charge in [0.05, 0.1) is 19.2 Å². The molecule has 0 fully saturated rings. The van der Waals surface area contributed by atoms with Gasteiger partial charge in [-0.05, 0) is 42.2 Å². The number of hydrogen-bond donors (Lipinski definition) is 0. The third-order valence-electron chi connectivity index (χ3n) is 4.34. The number of thiazole rings is 1. The van der Waals surface area contributed by atoms with Crippen LogP contribution >= 0.6 is 23.1 Å². The maximum Gasteiger partial charge on any atom is 0.281 e. The van der Waals surface area contributed by atoms with Crippen molar-refractivity contribution in [2.75, 3.05) is 13.4 Å². The van der Waals surface area contributed by atoms with Crippen molar-refractivity contribution in [3.05, 3.63) is 70.0 Å². The lowest BCUT2D eigenvalue weighted by Gasteiger charge is -2.13. The van der Waals surface area contributed by atoms with Gasteiger partial charge in [0.1, 0.15) is 23.2 Å². The molecule has 0 bridgehead atoms. The van der Waals surface area contributed by atoms with E-state index in [0.29, 0.717) is 14.9 Å². The van der Waals surface area contributed by atoms with Crippen molar-refractivity contribution in [1.29, 1.82) is 0 Å². The summed E-state index contributed by atoms with van der Waals surface area (Å²) in [7, 11) is 1.56. The van der Waals surface area contributed by atoms with Gasteiger partial charge in [0, 0.05) is 0 Å². The third kappa shape index (κ3) is 3.75. The van der Waals surface area contributed by atoms with Gasteiger partial charge in [-0.3, -0.25) is 9.36 Å². The van der Waals surface area contributed by atoms with Gasteiger partial charge in [0.15, 0.2) is 14.7 Å². The molecule has 0 aliphatic rings. The number of hydrogen-bond acceptors (Lipinski definition) is 6. The minimum absolute atomic E-state index is 0.0617. The highest BCUT2D eigenvalue weighted by Crippen LogP contribution is 2.29. The Morgan fingerprint density at radius 1 is 1.14 bits per heavy atom. The molecule has 0 radical (unpaired) electrons. The molecule has 0 amide bonds. The van der Waals surface area contributed by atoms with E-state index >= 15 is 0 Å². The molecule has 0 saturated carbocycles. The molecule has 0 aliphatic heterocycles. The molecule has 9 heteroatoms. The van der Waals surface area contributed by atoms with Crippen LogP contribution in [0.3, 0.4) is 0 Å². The Morgan fingerprint density at radius 3 is 2.59 bits per heavy atom. The minimum atomic E-state index is -0.657. The average Bonchev–Trinajstić information content (AvgIpc) is 3.16. The topological polar surface area (TPSA) is 57.0 Å². The van der Waals surface area contributed by atoms with Crippen LogP contribution in [0.25, 0.3) is 21.7 Å². The van der Waals surface area contributed by atoms with Gasteiger partial charge in [-0.1, -0.05) is 35.2 Å². The van der Waals surface area contributed by atoms with E-state index < -0.39 is 17.2 Å². The van der Waals surface area contributed by atoms with Crippen molar-refractivity contribution < 1.29 is 13.5 Å². The van der Waals surface area contributed by atoms with E-state index in [1.165, 1.54) is 27.7 Å². The Kier molecular flexibility index (Phi) is 5.33. The standard InChI is InChI=1S/C20H15F2N3O2S2/c1-27-13-6-3-11(4-7-13)10-25-17(14-9-12(21)5-8-15(14)22)24-18-16(19(25)26)23-20(28-2)29-18/h3-9H,10H2,1-2H3. The molecule has 2 aromatic carbocycles. The average molecular weight is 431 g/mol. The van der Waals surface area contributed by atoms with E-state index in [-0.39, 0.29) is 23.4 Å². The van der Waals surface area contributed by atoms with Crippen molar-refractivity contribution >= 4 is 33.4 Å². The number of ether oxygens (including phenoxy) is 1. The molecule has 5 nitrogen and oxygen atoms in total. The van der Waals surface area contributed by atoms with Crippen molar-refractivity contribution in [2.45, 2.75) is 10.9 Å². The summed E-state index contributed by atoms with van der Waals surface area (Å²) >= 11 is 2.64. The highest BCUT2D eigenvalue weighted by atomic mass is 32.2. The number of thioether (sulfide) groups is 1. The first-order chi connectivity index (χ1) is 14.0. The molecule has 4 rings (SSSR count). The summed E-state index contributed by atoms with van der Waals surface area (Å²) in [6.07, 6.45) is 1.85. The summed E-state index contributed by atoms with van der Waals surface area (Å²) in [5, 5.41) is 0. The molecule has 2 heterocycles. The van der Waals surface area contributed by atoms with Gasteiger partial charge in [-0.25, -0.2) is 18.7 Å². The van der Waals surface area contributed by atoms with E-state index in [0.717, 1.165) is 23.8 Å². The van der Waals surface area contributed by atoms with Crippen LogP contribution < -0.4 is 10.3 Å². The summed E-state index contributed by atoms with van der Waals surface area (Å²) in [5.74, 6) is -0.529. The summed E-state index contributed by atoms with van der Waals surface area (Å²) in [5.41, 5.74) is 0.526. The second-order valence-corrected chi connectivity index (χ2v) is 8.17. The third-order valence-corrected chi connectivity index (χ3v) is 6.28. The zero-order valence-electron chi connectivity index (χ0n) is 15.5. The molecule has 4 aromatic rings. The molecule has 148 valence electrons. The molecule has 0 atom stereocenters. The summed E-state index contributed by atoms with van der Waals surface area (Å²) in [4.78, 5) is 22.4. The molecule has 0 N–H and O–H groups in total. The van der Waals surface area contributed by atoms with Crippen LogP contribution in [0.15, 0.2) is 51.6 Å². The fraction of sp³-hybridized carbons (Fsp3) is 0.150. The van der Waals surface area contributed by atoms with E-state index in [1.807, 2.05) is 6.26 Å². The van der Waals surface area contributed by atoms with E-state index in [9.17, 15) is 13.6 Å². The van der Waals surface area contributed by atoms with Gasteiger partial charge in [0.2, 0.25) is 0 Å². The molecule has 0 saturated heterocycles. The van der Waals surface area contributed by atoms with E-state index in [1.54, 1.807) is 31.4 Å². The summed E-state index contributed by atoms with van der Waals surface area (Å²) in [6.45, 7) is 0.128. The van der Waals surface area contributed by atoms with Crippen LogP contribution in [-0.2, 0) is 6.54 Å². The summed E-state index contributed by atoms with van der Waals surface area (Å²) < 4.78 is 35.5. The zero-order valence-corrected chi connectivity index (χ0v) is 17.1. The van der Waals surface area contributed by atoms with Gasteiger partial charge < -0.3 is 4.74 Å². The number of methoxy groups -OCH3 is 1. The first-order valence-electron chi connectivity index (χ1n) is 8.54. The van der Waals surface area contributed by atoms with Crippen LogP contribution in [0.4, 0.5) is 8.78 Å². The fourth-order valence-electron chi connectivity index (χ4n) is 2.91. The number of nitrogens with zero attached hydrogens (tertiary/aromatic N) is 3. The molecule has 0 unspecified atom stereocenters. The summed E-state index contributed by atoms with van der Waals surface area (Å²) in [6, 6.07) is 10.2. The largest absolute Gasteiger partial charge is 0.497 e. The Labute approximate surface area is 173 Å². The molecular weight excluding hydrogens is 416 g/mol. The van der Waals surface area contributed by atoms with E-state index in [4.69, 9.17) is 4.74 Å². The Morgan fingerprint density at radius 2 is 1.90 bits per heavy atom. The lowest BCUT2D eigenvalue weighted by molar-refractivity contribution is 0.414. The van der Waals surface area contributed by atoms with Crippen LogP contribution in [0, 0.1) is 11.6 Å². The maximum absolute atomic E-state index is 14.5. The number of rotatable bonds is 5. The van der Waals surface area contributed by atoms with Crippen LogP contribution in [0.2, 0.25) is 0 Å². The van der Waals surface area contributed by atoms with Crippen molar-refractivity contribution in [2.24, 2.45) is 0 Å². The molecular formula is C20H15F2N3O2S2. The second kappa shape index (κ2) is 7.92. The van der Waals surface area contributed by atoms with Crippen molar-refractivity contribution in [3.8, 4) is 17.1 Å². The fourth-order valence-corrected chi connectivity index (χ4v) is 4.33. The SMILES string of the molecule is COc1ccc(Cn2c(-c3cc(F)ccc3F)nc3sc(SC)nc3c2=O)cc1. The van der Waals surface area contributed by atoms with Crippen LogP contribution in [-0.4, -0.2) is 27.9 Å². The normalized spacial score (nSPS) is 11.2. The number of fused-ring (bicyclic) bond motifs is 1. The van der Waals surface area contributed by atoms with Gasteiger partial charge in [-0.15, -0.1) is 0 Å². The quantitative estimate of drug-likeness (QED) is 0.433. The number of benzene rings is 2. The predicted octanol–water partition coefficient (Wildman–Crippen LogP) is 4.58. The number of halogens is 2. The zero-order chi connectivity index (χ0) is 20.5. The van der Waals surface area contributed by atoms with Gasteiger partial charge in [0.25, 0.3) is 5.56 Å². The highest BCUT2D eigenvalue weighted by molar-refractivity contribution is 8.00. The second-order valence-electron chi connectivity index (χ2n) is 6.14. The van der Waals surface area contributed by atoms with E-state index in [2.05, 4.69) is 9.97 Å². The first-order valence-corrected chi connectivity index (χ1v) is 10.6. The highest BCUT2D eigenvalue weighted by Gasteiger charge is 2.19. The number of aromatic nitrogens is 3. The van der Waals surface area contributed by atoms with Crippen LogP contribution in [0.5, 0.6) is 5.75 Å². The van der Waals surface area contributed by atoms with Gasteiger partial charge in [-0.2, -0.15) is 0 Å². The Balaban J connectivity index is 1.95. The smallest absolute Gasteiger partial charge is 0.281 e. The molecule has 0 aliphatic carbocycles. The minimum Gasteiger partial charge on any atom is -0.497 e. The Hall–Kier alpha value is -2.78. The maximum atomic E-state index is 14.5. The first kappa shape index (κ1) is 19.5. The predicted molar refractivity (Wildman–Crippen MR) is 111 cm³/mol. The lowest BCUT2D eigenvalue weighted by Crippen LogP contribution is -2.24. The monoisotopic (exact) mass is 431 g/mol. The lowest BCUT2D eigenvalue weighted by atomic mass is 10.1. The van der Waals surface area contributed by atoms with Gasteiger partial charge >= 0.3 is 0 Å². The van der Waals surface area contributed by atoms with Crippen molar-refractivity contribution in [1.82, 2.24) is 14.5 Å². The molecule has 0 spiro atoms. The van der Waals surface area contributed by atoms with Crippen LogP contribution in [0.1, 0.15) is 5.56 Å². The molecule has 2 aromatic heterocycles. The molecule has 29 heavy (non-hydrogen) atoms.